The standard InChI is InChI=1S/C14H19ClFNO2S/c1-2-17-14(10-5-6-19-8-10)9-20(18)11-3-4-13(16)12(15)7-11/h3-4,7,10,14,17H,2,5-6,8-9H2,1H3. The average molecular weight is 320 g/mol. The molecule has 3 unspecified atom stereocenters. The third-order valence-electron chi connectivity index (χ3n) is 3.49. The van der Waals surface area contributed by atoms with Crippen LogP contribution in [0.4, 0.5) is 4.39 Å². The van der Waals surface area contributed by atoms with Gasteiger partial charge in [-0.05, 0) is 31.2 Å². The van der Waals surface area contributed by atoms with E-state index >= 15 is 0 Å². The maximum absolute atomic E-state index is 13.1. The summed E-state index contributed by atoms with van der Waals surface area (Å²) >= 11 is 5.74. The van der Waals surface area contributed by atoms with E-state index in [4.69, 9.17) is 16.3 Å². The molecule has 0 amide bonds. The molecule has 2 rings (SSSR count). The van der Waals surface area contributed by atoms with Crippen LogP contribution in [0.1, 0.15) is 13.3 Å². The summed E-state index contributed by atoms with van der Waals surface area (Å²) in [4.78, 5) is 0.568. The second-order valence-corrected chi connectivity index (χ2v) is 6.78. The van der Waals surface area contributed by atoms with Gasteiger partial charge in [-0.3, -0.25) is 4.21 Å². The monoisotopic (exact) mass is 319 g/mol. The Morgan fingerprint density at radius 3 is 3.00 bits per heavy atom. The van der Waals surface area contributed by atoms with Crippen LogP contribution in [0.3, 0.4) is 0 Å². The van der Waals surface area contributed by atoms with E-state index < -0.39 is 16.6 Å². The molecule has 20 heavy (non-hydrogen) atoms. The van der Waals surface area contributed by atoms with E-state index in [9.17, 15) is 8.60 Å². The molecule has 1 aromatic rings. The van der Waals surface area contributed by atoms with Gasteiger partial charge in [0.05, 0.1) is 22.4 Å². The van der Waals surface area contributed by atoms with Gasteiger partial charge in [0, 0.05) is 29.2 Å². The van der Waals surface area contributed by atoms with Crippen LogP contribution >= 0.6 is 11.6 Å². The van der Waals surface area contributed by atoms with Gasteiger partial charge in [0.2, 0.25) is 0 Å². The molecule has 0 saturated carbocycles. The molecule has 0 bridgehead atoms. The summed E-state index contributed by atoms with van der Waals surface area (Å²) in [5.74, 6) is 0.388. The number of halogens is 2. The third-order valence-corrected chi connectivity index (χ3v) is 5.22. The molecule has 0 radical (unpaired) electrons. The van der Waals surface area contributed by atoms with Gasteiger partial charge in [-0.15, -0.1) is 0 Å². The summed E-state index contributed by atoms with van der Waals surface area (Å²) in [6.45, 7) is 4.32. The molecule has 6 heteroatoms. The number of benzene rings is 1. The Balaban J connectivity index is 2.05. The minimum atomic E-state index is -1.20. The van der Waals surface area contributed by atoms with Gasteiger partial charge in [-0.2, -0.15) is 0 Å². The molecular weight excluding hydrogens is 301 g/mol. The highest BCUT2D eigenvalue weighted by molar-refractivity contribution is 7.85. The number of hydrogen-bond acceptors (Lipinski definition) is 3. The SMILES string of the molecule is CCNC(CS(=O)c1ccc(F)c(Cl)c1)C1CCOC1. The number of rotatable bonds is 6. The predicted molar refractivity (Wildman–Crippen MR) is 79.1 cm³/mol. The number of nitrogens with one attached hydrogen (secondary N) is 1. The molecule has 1 N–H and O–H groups in total. The lowest BCUT2D eigenvalue weighted by Crippen LogP contribution is -2.40. The van der Waals surface area contributed by atoms with Crippen molar-refractivity contribution in [2.45, 2.75) is 24.3 Å². The first-order chi connectivity index (χ1) is 9.61. The highest BCUT2D eigenvalue weighted by atomic mass is 35.5. The Kier molecular flexibility index (Phi) is 5.96. The lowest BCUT2D eigenvalue weighted by Gasteiger charge is -2.22. The van der Waals surface area contributed by atoms with Crippen LogP contribution in [0.5, 0.6) is 0 Å². The van der Waals surface area contributed by atoms with E-state index in [1.165, 1.54) is 18.2 Å². The van der Waals surface area contributed by atoms with Crippen LogP contribution in [-0.4, -0.2) is 35.8 Å². The fourth-order valence-electron chi connectivity index (χ4n) is 2.37. The molecule has 0 spiro atoms. The zero-order chi connectivity index (χ0) is 14.5. The fourth-order valence-corrected chi connectivity index (χ4v) is 3.99. The number of hydrogen-bond donors (Lipinski definition) is 1. The molecule has 3 nitrogen and oxygen atoms in total. The van der Waals surface area contributed by atoms with E-state index in [1.54, 1.807) is 0 Å². The van der Waals surface area contributed by atoms with Crippen molar-refractivity contribution < 1.29 is 13.3 Å². The Bertz CT molecular complexity index is 480. The quantitative estimate of drug-likeness (QED) is 0.876. The summed E-state index contributed by atoms with van der Waals surface area (Å²) in [5.41, 5.74) is 0. The first kappa shape index (κ1) is 15.9. The predicted octanol–water partition coefficient (Wildman–Crippen LogP) is 2.60. The van der Waals surface area contributed by atoms with Crippen molar-refractivity contribution in [1.29, 1.82) is 0 Å². The second-order valence-electron chi connectivity index (χ2n) is 4.88. The molecule has 1 saturated heterocycles. The summed E-state index contributed by atoms with van der Waals surface area (Å²) < 4.78 is 30.9. The third kappa shape index (κ3) is 4.01. The lowest BCUT2D eigenvalue weighted by atomic mass is 10.0. The van der Waals surface area contributed by atoms with Gasteiger partial charge < -0.3 is 10.1 Å². The Morgan fingerprint density at radius 1 is 1.60 bits per heavy atom. The summed E-state index contributed by atoms with van der Waals surface area (Å²) in [6.07, 6.45) is 0.985. The molecule has 3 atom stereocenters. The van der Waals surface area contributed by atoms with Gasteiger partial charge in [-0.1, -0.05) is 18.5 Å². The molecule has 1 aliphatic heterocycles. The van der Waals surface area contributed by atoms with Crippen LogP contribution < -0.4 is 5.32 Å². The smallest absolute Gasteiger partial charge is 0.141 e. The first-order valence-corrected chi connectivity index (χ1v) is 8.46. The van der Waals surface area contributed by atoms with Gasteiger partial charge in [-0.25, -0.2) is 4.39 Å². The van der Waals surface area contributed by atoms with Gasteiger partial charge in [0.15, 0.2) is 0 Å². The molecule has 1 fully saturated rings. The average Bonchev–Trinajstić information content (AvgIpc) is 2.95. The Morgan fingerprint density at radius 2 is 2.40 bits per heavy atom. The van der Waals surface area contributed by atoms with Crippen molar-refractivity contribution >= 4 is 22.4 Å². The maximum atomic E-state index is 13.1. The van der Waals surface area contributed by atoms with E-state index in [1.807, 2.05) is 6.92 Å². The fraction of sp³-hybridized carbons (Fsp3) is 0.571. The van der Waals surface area contributed by atoms with Crippen LogP contribution in [0.25, 0.3) is 0 Å². The largest absolute Gasteiger partial charge is 0.381 e. The molecule has 1 heterocycles. The highest BCUT2D eigenvalue weighted by Gasteiger charge is 2.27. The van der Waals surface area contributed by atoms with Crippen molar-refractivity contribution in [3.05, 3.63) is 29.0 Å². The van der Waals surface area contributed by atoms with Crippen LogP contribution in [0.15, 0.2) is 23.1 Å². The molecule has 0 aliphatic carbocycles. The molecular formula is C14H19ClFNO2S. The van der Waals surface area contributed by atoms with Crippen LogP contribution in [0.2, 0.25) is 5.02 Å². The van der Waals surface area contributed by atoms with E-state index in [0.29, 0.717) is 23.2 Å². The van der Waals surface area contributed by atoms with Crippen molar-refractivity contribution in [1.82, 2.24) is 5.32 Å². The molecule has 0 aromatic heterocycles. The van der Waals surface area contributed by atoms with Crippen molar-refractivity contribution in [2.75, 3.05) is 25.5 Å². The minimum Gasteiger partial charge on any atom is -0.381 e. The van der Waals surface area contributed by atoms with E-state index in [-0.39, 0.29) is 11.1 Å². The Labute approximate surface area is 126 Å². The Hall–Kier alpha value is -0.490. The molecule has 1 aromatic carbocycles. The van der Waals surface area contributed by atoms with E-state index in [2.05, 4.69) is 5.32 Å². The summed E-state index contributed by atoms with van der Waals surface area (Å²) in [5, 5.41) is 3.39. The topological polar surface area (TPSA) is 38.3 Å². The normalized spacial score (nSPS) is 21.9. The second kappa shape index (κ2) is 7.50. The van der Waals surface area contributed by atoms with Crippen LogP contribution in [-0.2, 0) is 15.5 Å². The lowest BCUT2D eigenvalue weighted by molar-refractivity contribution is 0.179. The van der Waals surface area contributed by atoms with Crippen LogP contribution in [0, 0.1) is 11.7 Å². The molecule has 112 valence electrons. The van der Waals surface area contributed by atoms with E-state index in [0.717, 1.165) is 19.6 Å². The summed E-state index contributed by atoms with van der Waals surface area (Å²) in [7, 11) is -1.20. The van der Waals surface area contributed by atoms with Crippen molar-refractivity contribution in [2.24, 2.45) is 5.92 Å². The summed E-state index contributed by atoms with van der Waals surface area (Å²) in [6, 6.07) is 4.38. The van der Waals surface area contributed by atoms with Gasteiger partial charge >= 0.3 is 0 Å². The zero-order valence-corrected chi connectivity index (χ0v) is 13.0. The maximum Gasteiger partial charge on any atom is 0.141 e. The minimum absolute atomic E-state index is 0.0139. The van der Waals surface area contributed by atoms with Gasteiger partial charge in [0.25, 0.3) is 0 Å². The highest BCUT2D eigenvalue weighted by Crippen LogP contribution is 2.22. The zero-order valence-electron chi connectivity index (χ0n) is 11.4. The van der Waals surface area contributed by atoms with Gasteiger partial charge in [0.1, 0.15) is 5.82 Å². The first-order valence-electron chi connectivity index (χ1n) is 6.76. The van der Waals surface area contributed by atoms with Crippen molar-refractivity contribution in [3.8, 4) is 0 Å². The molecule has 1 aliphatic rings. The van der Waals surface area contributed by atoms with Crippen molar-refractivity contribution in [3.63, 3.8) is 0 Å². The number of ether oxygens (including phenoxy) is 1.